The van der Waals surface area contributed by atoms with Crippen molar-refractivity contribution in [3.63, 3.8) is 0 Å². The smallest absolute Gasteiger partial charge is 0.408 e. The van der Waals surface area contributed by atoms with E-state index in [1.54, 1.807) is 20.8 Å². The molecule has 5 nitrogen and oxygen atoms in total. The first kappa shape index (κ1) is 15.5. The van der Waals surface area contributed by atoms with Gasteiger partial charge in [-0.3, -0.25) is 4.79 Å². The number of thiophene rings is 1. The van der Waals surface area contributed by atoms with E-state index in [0.29, 0.717) is 6.42 Å². The van der Waals surface area contributed by atoms with E-state index in [4.69, 9.17) is 9.84 Å². The van der Waals surface area contributed by atoms with Crippen molar-refractivity contribution in [3.05, 3.63) is 22.4 Å². The second-order valence-electron chi connectivity index (χ2n) is 5.19. The summed E-state index contributed by atoms with van der Waals surface area (Å²) in [4.78, 5) is 22.4. The van der Waals surface area contributed by atoms with Crippen molar-refractivity contribution >= 4 is 23.4 Å². The fourth-order valence-electron chi connectivity index (χ4n) is 1.51. The van der Waals surface area contributed by atoms with Gasteiger partial charge in [0.1, 0.15) is 5.60 Å². The quantitative estimate of drug-likeness (QED) is 0.871. The Hall–Kier alpha value is -1.56. The van der Waals surface area contributed by atoms with Gasteiger partial charge in [-0.2, -0.15) is 11.3 Å². The van der Waals surface area contributed by atoms with E-state index in [1.165, 1.54) is 11.3 Å². The van der Waals surface area contributed by atoms with Crippen molar-refractivity contribution in [2.45, 2.75) is 45.3 Å². The highest BCUT2D eigenvalue weighted by atomic mass is 32.1. The molecule has 106 valence electrons. The first-order valence-corrected chi connectivity index (χ1v) is 6.95. The van der Waals surface area contributed by atoms with E-state index < -0.39 is 17.7 Å². The van der Waals surface area contributed by atoms with Crippen molar-refractivity contribution in [2.75, 3.05) is 0 Å². The Labute approximate surface area is 116 Å². The number of carboxylic acids is 1. The van der Waals surface area contributed by atoms with Gasteiger partial charge in [0.2, 0.25) is 0 Å². The SMILES string of the molecule is CC(C)(C)OC(=O)NC(CCC(=O)O)c1ccsc1. The maximum atomic E-state index is 11.7. The number of hydrogen-bond acceptors (Lipinski definition) is 4. The van der Waals surface area contributed by atoms with Crippen LogP contribution in [0.1, 0.15) is 45.2 Å². The number of rotatable bonds is 5. The summed E-state index contributed by atoms with van der Waals surface area (Å²) in [6.45, 7) is 5.34. The van der Waals surface area contributed by atoms with E-state index in [0.717, 1.165) is 5.56 Å². The summed E-state index contributed by atoms with van der Waals surface area (Å²) >= 11 is 1.50. The molecule has 1 heterocycles. The lowest BCUT2D eigenvalue weighted by Gasteiger charge is -2.23. The van der Waals surface area contributed by atoms with Gasteiger partial charge < -0.3 is 15.2 Å². The van der Waals surface area contributed by atoms with E-state index in [9.17, 15) is 9.59 Å². The standard InChI is InChI=1S/C13H19NO4S/c1-13(2,3)18-12(17)14-10(4-5-11(15)16)9-6-7-19-8-9/h6-8,10H,4-5H2,1-3H3,(H,14,17)(H,15,16). The fourth-order valence-corrected chi connectivity index (χ4v) is 2.23. The van der Waals surface area contributed by atoms with E-state index in [-0.39, 0.29) is 12.5 Å². The zero-order valence-electron chi connectivity index (χ0n) is 11.3. The molecular formula is C13H19NO4S. The number of aliphatic carboxylic acids is 1. The zero-order chi connectivity index (χ0) is 14.5. The second-order valence-corrected chi connectivity index (χ2v) is 5.97. The van der Waals surface area contributed by atoms with Gasteiger partial charge in [-0.25, -0.2) is 4.79 Å². The van der Waals surface area contributed by atoms with Crippen LogP contribution in [0.15, 0.2) is 16.8 Å². The van der Waals surface area contributed by atoms with Crippen molar-refractivity contribution in [2.24, 2.45) is 0 Å². The minimum atomic E-state index is -0.883. The normalized spacial score (nSPS) is 12.8. The molecule has 1 aromatic rings. The van der Waals surface area contributed by atoms with Gasteiger partial charge >= 0.3 is 12.1 Å². The summed E-state index contributed by atoms with van der Waals surface area (Å²) in [5, 5.41) is 15.2. The van der Waals surface area contributed by atoms with Crippen LogP contribution in [0, 0.1) is 0 Å². The van der Waals surface area contributed by atoms with Crippen molar-refractivity contribution in [1.29, 1.82) is 0 Å². The highest BCUT2D eigenvalue weighted by Gasteiger charge is 2.21. The highest BCUT2D eigenvalue weighted by Crippen LogP contribution is 2.21. The lowest BCUT2D eigenvalue weighted by atomic mass is 10.1. The first-order valence-electron chi connectivity index (χ1n) is 6.01. The fraction of sp³-hybridized carbons (Fsp3) is 0.538. The first-order chi connectivity index (χ1) is 8.78. The Morgan fingerprint density at radius 1 is 1.47 bits per heavy atom. The molecule has 0 saturated carbocycles. The number of carbonyl (C=O) groups excluding carboxylic acids is 1. The summed E-state index contributed by atoms with van der Waals surface area (Å²) in [7, 11) is 0. The molecule has 0 spiro atoms. The molecule has 1 unspecified atom stereocenters. The molecule has 0 aliphatic carbocycles. The number of carbonyl (C=O) groups is 2. The topological polar surface area (TPSA) is 75.6 Å². The van der Waals surface area contributed by atoms with Gasteiger partial charge in [-0.1, -0.05) is 0 Å². The molecule has 0 fully saturated rings. The minimum Gasteiger partial charge on any atom is -0.481 e. The van der Waals surface area contributed by atoms with Crippen LogP contribution in [-0.2, 0) is 9.53 Å². The summed E-state index contributed by atoms with van der Waals surface area (Å²) in [5.74, 6) is -0.883. The Morgan fingerprint density at radius 2 is 2.16 bits per heavy atom. The van der Waals surface area contributed by atoms with Crippen LogP contribution in [0.25, 0.3) is 0 Å². The summed E-state index contributed by atoms with van der Waals surface area (Å²) in [5.41, 5.74) is 0.327. The van der Waals surface area contributed by atoms with Crippen molar-refractivity contribution < 1.29 is 19.4 Å². The lowest BCUT2D eigenvalue weighted by molar-refractivity contribution is -0.137. The Morgan fingerprint density at radius 3 is 2.63 bits per heavy atom. The number of nitrogens with one attached hydrogen (secondary N) is 1. The highest BCUT2D eigenvalue weighted by molar-refractivity contribution is 7.07. The molecule has 0 aliphatic rings. The molecule has 0 saturated heterocycles. The molecule has 19 heavy (non-hydrogen) atoms. The maximum absolute atomic E-state index is 11.7. The van der Waals surface area contributed by atoms with Gasteiger partial charge in [-0.15, -0.1) is 0 Å². The van der Waals surface area contributed by atoms with Gasteiger partial charge in [0.25, 0.3) is 0 Å². The number of carboxylic acid groups (broad SMARTS) is 1. The van der Waals surface area contributed by atoms with E-state index in [1.807, 2.05) is 16.8 Å². The molecule has 2 N–H and O–H groups in total. The van der Waals surface area contributed by atoms with Crippen LogP contribution >= 0.6 is 11.3 Å². The average Bonchev–Trinajstić information content (AvgIpc) is 2.74. The third-order valence-corrected chi connectivity index (χ3v) is 2.98. The number of hydrogen-bond donors (Lipinski definition) is 2. The maximum Gasteiger partial charge on any atom is 0.408 e. The third-order valence-electron chi connectivity index (χ3n) is 2.28. The third kappa shape index (κ3) is 6.24. The average molecular weight is 285 g/mol. The van der Waals surface area contributed by atoms with E-state index in [2.05, 4.69) is 5.32 Å². The predicted octanol–water partition coefficient (Wildman–Crippen LogP) is 3.18. The molecular weight excluding hydrogens is 266 g/mol. The molecule has 0 radical (unpaired) electrons. The van der Waals surface area contributed by atoms with Crippen LogP contribution in [0.2, 0.25) is 0 Å². The second kappa shape index (κ2) is 6.56. The number of ether oxygens (including phenoxy) is 1. The van der Waals surface area contributed by atoms with Crippen molar-refractivity contribution in [3.8, 4) is 0 Å². The van der Waals surface area contributed by atoms with Crippen LogP contribution in [0.3, 0.4) is 0 Å². The Kier molecular flexibility index (Phi) is 5.35. The Bertz CT molecular complexity index is 422. The molecule has 6 heteroatoms. The van der Waals surface area contributed by atoms with Gasteiger partial charge in [0.15, 0.2) is 0 Å². The van der Waals surface area contributed by atoms with Gasteiger partial charge in [0, 0.05) is 6.42 Å². The van der Waals surface area contributed by atoms with Crippen LogP contribution in [0.4, 0.5) is 4.79 Å². The largest absolute Gasteiger partial charge is 0.481 e. The van der Waals surface area contributed by atoms with Crippen LogP contribution < -0.4 is 5.32 Å². The minimum absolute atomic E-state index is 0.00366. The molecule has 0 bridgehead atoms. The van der Waals surface area contributed by atoms with Crippen molar-refractivity contribution in [1.82, 2.24) is 5.32 Å². The van der Waals surface area contributed by atoms with E-state index >= 15 is 0 Å². The number of alkyl carbamates (subject to hydrolysis) is 1. The monoisotopic (exact) mass is 285 g/mol. The molecule has 1 rings (SSSR count). The lowest BCUT2D eigenvalue weighted by Crippen LogP contribution is -2.35. The zero-order valence-corrected chi connectivity index (χ0v) is 12.1. The predicted molar refractivity (Wildman–Crippen MR) is 73.3 cm³/mol. The molecule has 1 atom stereocenters. The van der Waals surface area contributed by atoms with Crippen LogP contribution in [0.5, 0.6) is 0 Å². The molecule has 0 aromatic carbocycles. The molecule has 1 amide bonds. The van der Waals surface area contributed by atoms with Gasteiger partial charge in [-0.05, 0) is 49.6 Å². The summed E-state index contributed by atoms with van der Waals surface area (Å²) in [6, 6.07) is 1.53. The molecule has 1 aromatic heterocycles. The molecule has 0 aliphatic heterocycles. The summed E-state index contributed by atoms with van der Waals surface area (Å²) < 4.78 is 5.18. The number of amides is 1. The van der Waals surface area contributed by atoms with Gasteiger partial charge in [0.05, 0.1) is 6.04 Å². The summed E-state index contributed by atoms with van der Waals surface area (Å²) in [6.07, 6.45) is -0.198. The van der Waals surface area contributed by atoms with Crippen LogP contribution in [-0.4, -0.2) is 22.8 Å². The Balaban J connectivity index is 2.64.